The predicted molar refractivity (Wildman–Crippen MR) is 84.6 cm³/mol. The zero-order chi connectivity index (χ0) is 16.0. The Bertz CT molecular complexity index is 834. The van der Waals surface area contributed by atoms with Gasteiger partial charge in [-0.25, -0.2) is 9.18 Å². The maximum atomic E-state index is 14.5. The van der Waals surface area contributed by atoms with Gasteiger partial charge in [0.15, 0.2) is 0 Å². The first-order valence-corrected chi connectivity index (χ1v) is 7.76. The summed E-state index contributed by atoms with van der Waals surface area (Å²) < 4.78 is 15.1. The molecule has 2 heterocycles. The van der Waals surface area contributed by atoms with Crippen LogP contribution in [0.2, 0.25) is 0 Å². The Balaban J connectivity index is 2.24. The summed E-state index contributed by atoms with van der Waals surface area (Å²) in [6.07, 6.45) is 0.797. The molecular weight excluding hydrogens is 307 g/mol. The van der Waals surface area contributed by atoms with E-state index in [2.05, 4.69) is 0 Å². The molecule has 1 saturated heterocycles. The van der Waals surface area contributed by atoms with Gasteiger partial charge in [-0.2, -0.15) is 0 Å². The van der Waals surface area contributed by atoms with Crippen molar-refractivity contribution in [2.45, 2.75) is 19.4 Å². The van der Waals surface area contributed by atoms with Crippen LogP contribution in [-0.4, -0.2) is 30.2 Å². The minimum Gasteiger partial charge on any atom is -0.478 e. The molecule has 0 amide bonds. The van der Waals surface area contributed by atoms with E-state index in [1.807, 2.05) is 4.90 Å². The molecule has 1 unspecified atom stereocenters. The van der Waals surface area contributed by atoms with Crippen LogP contribution in [-0.2, 0) is 0 Å². The molecule has 1 aliphatic heterocycles. The molecule has 1 fully saturated rings. The topological polar surface area (TPSA) is 83.6 Å². The molecule has 7 heteroatoms. The van der Waals surface area contributed by atoms with E-state index in [0.29, 0.717) is 29.0 Å². The van der Waals surface area contributed by atoms with Gasteiger partial charge in [0.05, 0.1) is 5.69 Å². The number of benzene rings is 1. The molecule has 0 radical (unpaired) electrons. The van der Waals surface area contributed by atoms with Crippen molar-refractivity contribution >= 4 is 33.1 Å². The largest absolute Gasteiger partial charge is 0.478 e. The summed E-state index contributed by atoms with van der Waals surface area (Å²) in [5.41, 5.74) is 6.02. The lowest BCUT2D eigenvalue weighted by atomic mass is 10.1. The summed E-state index contributed by atoms with van der Waals surface area (Å²) in [6, 6.07) is 1.16. The third kappa shape index (κ3) is 2.26. The molecule has 116 valence electrons. The molecule has 0 aliphatic carbocycles. The Morgan fingerprint density at radius 3 is 2.86 bits per heavy atom. The molecule has 1 aromatic carbocycles. The molecule has 1 aliphatic rings. The van der Waals surface area contributed by atoms with Crippen LogP contribution in [0.1, 0.15) is 22.3 Å². The molecule has 22 heavy (non-hydrogen) atoms. The Labute approximate surface area is 129 Å². The van der Waals surface area contributed by atoms with Crippen LogP contribution in [0, 0.1) is 12.7 Å². The first kappa shape index (κ1) is 14.9. The van der Waals surface area contributed by atoms with Crippen LogP contribution in [0.4, 0.5) is 10.1 Å². The third-order valence-electron chi connectivity index (χ3n) is 3.99. The molecule has 1 aromatic heterocycles. The van der Waals surface area contributed by atoms with Crippen LogP contribution in [0.25, 0.3) is 10.1 Å². The van der Waals surface area contributed by atoms with Crippen LogP contribution in [0.5, 0.6) is 0 Å². The van der Waals surface area contributed by atoms with Gasteiger partial charge in [-0.15, -0.1) is 11.3 Å². The highest BCUT2D eigenvalue weighted by molar-refractivity contribution is 7.17. The number of nitrogens with zero attached hydrogens (tertiary/aromatic N) is 1. The molecule has 1 atom stereocenters. The van der Waals surface area contributed by atoms with E-state index in [1.165, 1.54) is 5.38 Å². The number of carboxylic acid groups (broad SMARTS) is 1. The average molecular weight is 322 g/mol. The number of rotatable bonds is 2. The number of hydrogen-bond acceptors (Lipinski definition) is 5. The number of halogens is 1. The molecular formula is C15H15FN2O3S. The van der Waals surface area contributed by atoms with Gasteiger partial charge in [0.2, 0.25) is 5.43 Å². The smallest absolute Gasteiger partial charge is 0.340 e. The zero-order valence-corrected chi connectivity index (χ0v) is 12.7. The third-order valence-corrected chi connectivity index (χ3v) is 5.11. The predicted octanol–water partition coefficient (Wildman–Crippen LogP) is 1.94. The normalized spacial score (nSPS) is 18.1. The molecule has 5 nitrogen and oxygen atoms in total. The molecule has 3 rings (SSSR count). The summed E-state index contributed by atoms with van der Waals surface area (Å²) in [6.45, 7) is 3.00. The quantitative estimate of drug-likeness (QED) is 0.883. The van der Waals surface area contributed by atoms with Crippen molar-refractivity contribution in [3.05, 3.63) is 38.6 Å². The van der Waals surface area contributed by atoms with Gasteiger partial charge >= 0.3 is 5.97 Å². The summed E-state index contributed by atoms with van der Waals surface area (Å²) in [5.74, 6) is -1.80. The lowest BCUT2D eigenvalue weighted by Gasteiger charge is -2.22. The van der Waals surface area contributed by atoms with Crippen molar-refractivity contribution in [2.75, 3.05) is 18.0 Å². The highest BCUT2D eigenvalue weighted by atomic mass is 32.1. The maximum absolute atomic E-state index is 14.5. The molecule has 0 bridgehead atoms. The molecule has 3 N–H and O–H groups in total. The molecule has 0 spiro atoms. The van der Waals surface area contributed by atoms with Gasteiger partial charge in [0.1, 0.15) is 11.4 Å². The second kappa shape index (κ2) is 5.33. The van der Waals surface area contributed by atoms with Crippen molar-refractivity contribution in [1.82, 2.24) is 0 Å². The second-order valence-corrected chi connectivity index (χ2v) is 6.37. The van der Waals surface area contributed by atoms with Gasteiger partial charge in [-0.1, -0.05) is 0 Å². The Kier molecular flexibility index (Phi) is 3.62. The highest BCUT2D eigenvalue weighted by Gasteiger charge is 2.25. The number of aryl methyl sites for hydroxylation is 1. The second-order valence-electron chi connectivity index (χ2n) is 5.49. The fourth-order valence-electron chi connectivity index (χ4n) is 2.91. The van der Waals surface area contributed by atoms with Crippen LogP contribution >= 0.6 is 11.3 Å². The average Bonchev–Trinajstić information content (AvgIpc) is 2.86. The highest BCUT2D eigenvalue weighted by Crippen LogP contribution is 2.34. The molecule has 2 aromatic rings. The monoisotopic (exact) mass is 322 g/mol. The van der Waals surface area contributed by atoms with E-state index in [4.69, 9.17) is 10.8 Å². The number of hydrogen-bond donors (Lipinski definition) is 2. The number of anilines is 1. The SMILES string of the molecule is Cc1c(N2CCC(N)C2)c(F)cc2c(=O)c(C(=O)O)csc12. The summed E-state index contributed by atoms with van der Waals surface area (Å²) in [4.78, 5) is 25.1. The van der Waals surface area contributed by atoms with Crippen LogP contribution in [0.15, 0.2) is 16.2 Å². The van der Waals surface area contributed by atoms with E-state index in [0.717, 1.165) is 23.8 Å². The lowest BCUT2D eigenvalue weighted by Crippen LogP contribution is -2.27. The van der Waals surface area contributed by atoms with Gasteiger partial charge < -0.3 is 15.7 Å². The van der Waals surface area contributed by atoms with E-state index in [-0.39, 0.29) is 17.0 Å². The Hall–Kier alpha value is -1.99. The van der Waals surface area contributed by atoms with E-state index < -0.39 is 17.2 Å². The zero-order valence-electron chi connectivity index (χ0n) is 11.9. The number of carbonyl (C=O) groups is 1. The van der Waals surface area contributed by atoms with Crippen molar-refractivity contribution < 1.29 is 14.3 Å². The van der Waals surface area contributed by atoms with Crippen LogP contribution < -0.4 is 16.1 Å². The minimum absolute atomic E-state index is 0.0163. The lowest BCUT2D eigenvalue weighted by molar-refractivity contribution is 0.0696. The fourth-order valence-corrected chi connectivity index (χ4v) is 3.91. The summed E-state index contributed by atoms with van der Waals surface area (Å²) >= 11 is 1.15. The Morgan fingerprint density at radius 2 is 2.27 bits per heavy atom. The van der Waals surface area contributed by atoms with Gasteiger partial charge in [-0.3, -0.25) is 4.79 Å². The van der Waals surface area contributed by atoms with Crippen molar-refractivity contribution in [3.8, 4) is 0 Å². The van der Waals surface area contributed by atoms with E-state index in [1.54, 1.807) is 6.92 Å². The van der Waals surface area contributed by atoms with Crippen molar-refractivity contribution in [1.29, 1.82) is 0 Å². The number of fused-ring (bicyclic) bond motifs is 1. The first-order valence-electron chi connectivity index (χ1n) is 6.88. The van der Waals surface area contributed by atoms with E-state index >= 15 is 0 Å². The fraction of sp³-hybridized carbons (Fsp3) is 0.333. The van der Waals surface area contributed by atoms with Gasteiger partial charge in [-0.05, 0) is 25.0 Å². The van der Waals surface area contributed by atoms with Gasteiger partial charge in [0.25, 0.3) is 0 Å². The number of aromatic carboxylic acids is 1. The number of nitrogens with two attached hydrogens (primary N) is 1. The summed E-state index contributed by atoms with van der Waals surface area (Å²) in [5, 5.41) is 10.4. The standard InChI is InChI=1S/C15H15FN2O3S/c1-7-12(18-3-2-8(17)5-18)11(16)4-9-13(19)10(15(20)21)6-22-14(7)9/h4,6,8H,2-3,5,17H2,1H3,(H,20,21). The Morgan fingerprint density at radius 1 is 1.55 bits per heavy atom. The minimum atomic E-state index is -1.30. The van der Waals surface area contributed by atoms with E-state index in [9.17, 15) is 14.0 Å². The van der Waals surface area contributed by atoms with Gasteiger partial charge in [0, 0.05) is 34.6 Å². The maximum Gasteiger partial charge on any atom is 0.340 e. The first-order chi connectivity index (χ1) is 10.4. The molecule has 0 saturated carbocycles. The van der Waals surface area contributed by atoms with Crippen molar-refractivity contribution in [2.24, 2.45) is 5.73 Å². The van der Waals surface area contributed by atoms with Crippen molar-refractivity contribution in [3.63, 3.8) is 0 Å². The van der Waals surface area contributed by atoms with Crippen LogP contribution in [0.3, 0.4) is 0 Å². The summed E-state index contributed by atoms with van der Waals surface area (Å²) in [7, 11) is 0. The number of carboxylic acids is 1.